The fourth-order valence-corrected chi connectivity index (χ4v) is 2.79. The van der Waals surface area contributed by atoms with Crippen molar-refractivity contribution in [1.29, 1.82) is 0 Å². The molecule has 2 rings (SSSR count). The lowest BCUT2D eigenvalue weighted by molar-refractivity contribution is -0.266. The second kappa shape index (κ2) is 6.32. The zero-order valence-corrected chi connectivity index (χ0v) is 13.1. The van der Waals surface area contributed by atoms with Crippen LogP contribution >= 0.6 is 0 Å². The van der Waals surface area contributed by atoms with Gasteiger partial charge in [0.2, 0.25) is 0 Å². The molecule has 23 heavy (non-hydrogen) atoms. The topological polar surface area (TPSA) is 33.1 Å². The molecule has 0 fully saturated rings. The first kappa shape index (κ1) is 17.5. The molecule has 1 heterocycles. The lowest BCUT2D eigenvalue weighted by Gasteiger charge is -2.37. The van der Waals surface area contributed by atoms with Crippen molar-refractivity contribution in [3.63, 3.8) is 0 Å². The van der Waals surface area contributed by atoms with Gasteiger partial charge in [-0.1, -0.05) is 50.2 Å². The van der Waals surface area contributed by atoms with Crippen LogP contribution in [0.1, 0.15) is 31.5 Å². The molecule has 0 saturated carbocycles. The average molecular weight is 323 g/mol. The van der Waals surface area contributed by atoms with Gasteiger partial charge in [0.15, 0.2) is 5.60 Å². The number of rotatable bonds is 5. The summed E-state index contributed by atoms with van der Waals surface area (Å²) in [6, 6.07) is 13.7. The summed E-state index contributed by atoms with van der Waals surface area (Å²) in [4.78, 5) is 3.92. The highest BCUT2D eigenvalue weighted by molar-refractivity contribution is 5.25. The van der Waals surface area contributed by atoms with Gasteiger partial charge >= 0.3 is 6.18 Å². The zero-order valence-electron chi connectivity index (χ0n) is 13.1. The monoisotopic (exact) mass is 323 g/mol. The maximum atomic E-state index is 13.6. The van der Waals surface area contributed by atoms with Crippen LogP contribution in [0.3, 0.4) is 0 Å². The zero-order chi connectivity index (χ0) is 17.1. The Bertz CT molecular complexity index is 626. The molecule has 5 heteroatoms. The Balaban J connectivity index is 2.32. The summed E-state index contributed by atoms with van der Waals surface area (Å²) in [5.41, 5.74) is -2.69. The summed E-state index contributed by atoms with van der Waals surface area (Å²) in [7, 11) is 0. The summed E-state index contributed by atoms with van der Waals surface area (Å²) >= 11 is 0. The minimum absolute atomic E-state index is 0.219. The maximum Gasteiger partial charge on any atom is 0.417 e. The van der Waals surface area contributed by atoms with Crippen LogP contribution < -0.4 is 0 Å². The molecule has 0 saturated heterocycles. The molecule has 0 radical (unpaired) electrons. The van der Waals surface area contributed by atoms with E-state index in [-0.39, 0.29) is 5.69 Å². The quantitative estimate of drug-likeness (QED) is 0.890. The van der Waals surface area contributed by atoms with Gasteiger partial charge in [0.05, 0.1) is 0 Å². The summed E-state index contributed by atoms with van der Waals surface area (Å²) in [6.07, 6.45) is -4.32. The molecule has 2 nitrogen and oxygen atoms in total. The lowest BCUT2D eigenvalue weighted by Crippen LogP contribution is -2.51. The Kier molecular flexibility index (Phi) is 4.80. The van der Waals surface area contributed by atoms with Crippen LogP contribution in [0.5, 0.6) is 0 Å². The molecule has 0 bridgehead atoms. The van der Waals surface area contributed by atoms with E-state index in [1.165, 1.54) is 12.3 Å². The van der Waals surface area contributed by atoms with Gasteiger partial charge in [0, 0.05) is 18.3 Å². The van der Waals surface area contributed by atoms with E-state index in [2.05, 4.69) is 4.98 Å². The van der Waals surface area contributed by atoms with Gasteiger partial charge in [0.25, 0.3) is 0 Å². The molecule has 124 valence electrons. The highest BCUT2D eigenvalue weighted by Crippen LogP contribution is 2.42. The normalized spacial score (nSPS) is 15.2. The molecule has 0 aliphatic heterocycles. The number of alkyl halides is 3. The minimum Gasteiger partial charge on any atom is -0.380 e. The molecule has 1 aromatic carbocycles. The van der Waals surface area contributed by atoms with E-state index in [1.54, 1.807) is 50.2 Å². The molecule has 0 aliphatic rings. The predicted molar refractivity (Wildman–Crippen MR) is 83.0 cm³/mol. The number of benzene rings is 1. The number of hydrogen-bond donors (Lipinski definition) is 1. The molecule has 0 aliphatic carbocycles. The summed E-state index contributed by atoms with van der Waals surface area (Å²) in [6.45, 7) is 3.41. The van der Waals surface area contributed by atoms with Crippen molar-refractivity contribution in [2.24, 2.45) is 0 Å². The van der Waals surface area contributed by atoms with E-state index < -0.39 is 30.0 Å². The number of halogens is 3. The molecule has 1 N–H and O–H groups in total. The molecule has 0 amide bonds. The van der Waals surface area contributed by atoms with Crippen LogP contribution in [0.25, 0.3) is 0 Å². The summed E-state index contributed by atoms with van der Waals surface area (Å²) < 4.78 is 40.7. The van der Waals surface area contributed by atoms with E-state index >= 15 is 0 Å². The number of aliphatic hydroxyl groups is 1. The number of hydrogen-bond acceptors (Lipinski definition) is 2. The molecule has 1 atom stereocenters. The molecular formula is C18H20F3NO. The van der Waals surface area contributed by atoms with E-state index in [9.17, 15) is 18.3 Å². The Labute approximate surface area is 134 Å². The van der Waals surface area contributed by atoms with Crippen molar-refractivity contribution in [1.82, 2.24) is 4.98 Å². The van der Waals surface area contributed by atoms with Gasteiger partial charge in [0.1, 0.15) is 0 Å². The van der Waals surface area contributed by atoms with Crippen LogP contribution in [0.15, 0.2) is 54.7 Å². The minimum atomic E-state index is -4.74. The molecule has 1 aromatic heterocycles. The van der Waals surface area contributed by atoms with Gasteiger partial charge < -0.3 is 5.11 Å². The second-order valence-corrected chi connectivity index (χ2v) is 6.45. The Morgan fingerprint density at radius 2 is 1.57 bits per heavy atom. The third kappa shape index (κ3) is 4.10. The van der Waals surface area contributed by atoms with Crippen molar-refractivity contribution in [3.8, 4) is 0 Å². The van der Waals surface area contributed by atoms with Gasteiger partial charge in [-0.25, -0.2) is 0 Å². The van der Waals surface area contributed by atoms with Crippen LogP contribution in [0.2, 0.25) is 0 Å². The maximum absolute atomic E-state index is 13.6. The first-order chi connectivity index (χ1) is 10.6. The van der Waals surface area contributed by atoms with Crippen LogP contribution in [0.4, 0.5) is 13.2 Å². The third-order valence-electron chi connectivity index (χ3n) is 4.02. The standard InChI is InChI=1S/C18H20F3NO/c1-16(2,14-8-4-3-5-9-14)13-17(23,18(19,20)21)12-15-10-6-7-11-22-15/h3-11,23H,12-13H2,1-2H3. The van der Waals surface area contributed by atoms with Crippen molar-refractivity contribution in [2.75, 3.05) is 0 Å². The predicted octanol–water partition coefficient (Wildman–Crippen LogP) is 4.29. The van der Waals surface area contributed by atoms with Gasteiger partial charge in [-0.2, -0.15) is 13.2 Å². The van der Waals surface area contributed by atoms with Crippen molar-refractivity contribution >= 4 is 0 Å². The van der Waals surface area contributed by atoms with Crippen LogP contribution in [-0.2, 0) is 11.8 Å². The smallest absolute Gasteiger partial charge is 0.380 e. The number of aromatic nitrogens is 1. The van der Waals surface area contributed by atoms with Gasteiger partial charge in [-0.3, -0.25) is 4.98 Å². The third-order valence-corrected chi connectivity index (χ3v) is 4.02. The van der Waals surface area contributed by atoms with Crippen molar-refractivity contribution < 1.29 is 18.3 Å². The molecule has 0 spiro atoms. The second-order valence-electron chi connectivity index (χ2n) is 6.45. The highest BCUT2D eigenvalue weighted by Gasteiger charge is 2.55. The molecule has 2 aromatic rings. The van der Waals surface area contributed by atoms with E-state index in [4.69, 9.17) is 0 Å². The van der Waals surface area contributed by atoms with E-state index in [1.807, 2.05) is 6.07 Å². The van der Waals surface area contributed by atoms with Gasteiger partial charge in [-0.15, -0.1) is 0 Å². The summed E-state index contributed by atoms with van der Waals surface area (Å²) in [5, 5.41) is 10.4. The first-order valence-corrected chi connectivity index (χ1v) is 7.39. The average Bonchev–Trinajstić information content (AvgIpc) is 2.47. The van der Waals surface area contributed by atoms with Crippen molar-refractivity contribution in [3.05, 3.63) is 66.0 Å². The van der Waals surface area contributed by atoms with Crippen molar-refractivity contribution in [2.45, 2.75) is 43.9 Å². The lowest BCUT2D eigenvalue weighted by atomic mass is 9.73. The fourth-order valence-electron chi connectivity index (χ4n) is 2.79. The van der Waals surface area contributed by atoms with Gasteiger partial charge in [-0.05, 0) is 29.5 Å². The molecular weight excluding hydrogens is 303 g/mol. The fraction of sp³-hybridized carbons (Fsp3) is 0.389. The van der Waals surface area contributed by atoms with Crippen LogP contribution in [0, 0.1) is 0 Å². The van der Waals surface area contributed by atoms with Crippen LogP contribution in [-0.4, -0.2) is 21.9 Å². The number of pyridine rings is 1. The first-order valence-electron chi connectivity index (χ1n) is 7.39. The largest absolute Gasteiger partial charge is 0.417 e. The molecule has 1 unspecified atom stereocenters. The summed E-state index contributed by atoms with van der Waals surface area (Å²) in [5.74, 6) is 0. The Morgan fingerprint density at radius 1 is 0.957 bits per heavy atom. The Morgan fingerprint density at radius 3 is 2.09 bits per heavy atom. The highest BCUT2D eigenvalue weighted by atomic mass is 19.4. The SMILES string of the molecule is CC(C)(CC(O)(Cc1ccccn1)C(F)(F)F)c1ccccc1. The van der Waals surface area contributed by atoms with E-state index in [0.29, 0.717) is 0 Å². The van der Waals surface area contributed by atoms with E-state index in [0.717, 1.165) is 5.56 Å². The number of nitrogens with zero attached hydrogens (tertiary/aromatic N) is 1. The Hall–Kier alpha value is -1.88.